The maximum atomic E-state index is 13.2. The van der Waals surface area contributed by atoms with E-state index in [1.807, 2.05) is 19.1 Å². The Bertz CT molecular complexity index is 594. The van der Waals surface area contributed by atoms with Crippen molar-refractivity contribution in [3.8, 4) is 11.3 Å². The van der Waals surface area contributed by atoms with Gasteiger partial charge in [0.2, 0.25) is 0 Å². The number of rotatable bonds is 2. The quantitative estimate of drug-likeness (QED) is 0.906. The predicted molar refractivity (Wildman–Crippen MR) is 68.3 cm³/mol. The summed E-state index contributed by atoms with van der Waals surface area (Å²) in [6, 6.07) is 5.54. The molecule has 2 aromatic rings. The minimum Gasteiger partial charge on any atom is -0.350 e. The molecule has 0 amide bonds. The number of nitrogens with one attached hydrogen (secondary N) is 1. The highest BCUT2D eigenvalue weighted by atomic mass is 19.3. The van der Waals surface area contributed by atoms with E-state index >= 15 is 0 Å². The number of aromatic amines is 1. The predicted octanol–water partition coefficient (Wildman–Crippen LogP) is 2.63. The highest BCUT2D eigenvalue weighted by Crippen LogP contribution is 2.31. The first-order valence-corrected chi connectivity index (χ1v) is 6.15. The lowest BCUT2D eigenvalue weighted by molar-refractivity contribution is 0.0257. The smallest absolute Gasteiger partial charge is 0.266 e. The van der Waals surface area contributed by atoms with Crippen molar-refractivity contribution in [3.05, 3.63) is 30.1 Å². The van der Waals surface area contributed by atoms with Crippen LogP contribution in [0.4, 0.5) is 14.6 Å². The molecule has 0 unspecified atom stereocenters. The molecule has 0 spiro atoms. The highest BCUT2D eigenvalue weighted by Gasteiger charge is 2.38. The summed E-state index contributed by atoms with van der Waals surface area (Å²) in [6.07, 6.45) is 1.52. The van der Waals surface area contributed by atoms with E-state index < -0.39 is 5.92 Å². The molecular weight excluding hydrogens is 250 g/mol. The van der Waals surface area contributed by atoms with Crippen molar-refractivity contribution >= 4 is 5.82 Å². The molecule has 0 atom stereocenters. The Morgan fingerprint density at radius 2 is 2.21 bits per heavy atom. The number of alkyl halides is 2. The lowest BCUT2D eigenvalue weighted by atomic mass is 10.2. The average Bonchev–Trinajstić information content (AvgIpc) is 2.96. The summed E-state index contributed by atoms with van der Waals surface area (Å²) in [5.41, 5.74) is 2.64. The number of aromatic nitrogens is 3. The molecule has 0 bridgehead atoms. The second kappa shape index (κ2) is 4.29. The molecule has 1 aliphatic rings. The van der Waals surface area contributed by atoms with Crippen LogP contribution < -0.4 is 4.90 Å². The zero-order valence-corrected chi connectivity index (χ0v) is 10.5. The van der Waals surface area contributed by atoms with Crippen molar-refractivity contribution in [1.82, 2.24) is 15.2 Å². The molecule has 3 heterocycles. The van der Waals surface area contributed by atoms with E-state index in [4.69, 9.17) is 0 Å². The van der Waals surface area contributed by atoms with Gasteiger partial charge in [0.15, 0.2) is 0 Å². The molecule has 1 aliphatic heterocycles. The molecule has 6 heteroatoms. The summed E-state index contributed by atoms with van der Waals surface area (Å²) < 4.78 is 26.4. The molecule has 0 aliphatic carbocycles. The SMILES string of the molecule is Cc1cc(-c2ccnc(N3CCC(F)(F)C3)c2)n[nH]1. The van der Waals surface area contributed by atoms with Gasteiger partial charge in [-0.15, -0.1) is 0 Å². The largest absolute Gasteiger partial charge is 0.350 e. The van der Waals surface area contributed by atoms with Crippen LogP contribution in [-0.2, 0) is 0 Å². The molecule has 1 fully saturated rings. The fourth-order valence-electron chi connectivity index (χ4n) is 2.25. The van der Waals surface area contributed by atoms with Gasteiger partial charge in [0.25, 0.3) is 5.92 Å². The first-order chi connectivity index (χ1) is 9.03. The number of pyridine rings is 1. The monoisotopic (exact) mass is 264 g/mol. The third-order valence-electron chi connectivity index (χ3n) is 3.24. The molecular formula is C13H14F2N4. The van der Waals surface area contributed by atoms with Crippen LogP contribution in [-0.4, -0.2) is 34.2 Å². The van der Waals surface area contributed by atoms with E-state index in [9.17, 15) is 8.78 Å². The maximum absolute atomic E-state index is 13.2. The van der Waals surface area contributed by atoms with Gasteiger partial charge in [-0.3, -0.25) is 5.10 Å². The van der Waals surface area contributed by atoms with E-state index in [1.165, 1.54) is 0 Å². The Labute approximate surface area is 109 Å². The van der Waals surface area contributed by atoms with Crippen LogP contribution in [0.5, 0.6) is 0 Å². The normalized spacial score (nSPS) is 17.9. The van der Waals surface area contributed by atoms with Gasteiger partial charge in [-0.25, -0.2) is 13.8 Å². The van der Waals surface area contributed by atoms with Gasteiger partial charge >= 0.3 is 0 Å². The fourth-order valence-corrected chi connectivity index (χ4v) is 2.25. The van der Waals surface area contributed by atoms with Crippen LogP contribution >= 0.6 is 0 Å². The van der Waals surface area contributed by atoms with Crippen molar-refractivity contribution in [2.24, 2.45) is 0 Å². The molecule has 1 saturated heterocycles. The van der Waals surface area contributed by atoms with E-state index in [2.05, 4.69) is 15.2 Å². The van der Waals surface area contributed by atoms with Gasteiger partial charge in [0.05, 0.1) is 12.2 Å². The topological polar surface area (TPSA) is 44.8 Å². The molecule has 100 valence electrons. The average molecular weight is 264 g/mol. The van der Waals surface area contributed by atoms with Crippen LogP contribution in [0.1, 0.15) is 12.1 Å². The summed E-state index contributed by atoms with van der Waals surface area (Å²) in [5.74, 6) is -2.03. The Hall–Kier alpha value is -1.98. The fraction of sp³-hybridized carbons (Fsp3) is 0.385. The second-order valence-corrected chi connectivity index (χ2v) is 4.87. The number of halogens is 2. The lowest BCUT2D eigenvalue weighted by Gasteiger charge is -2.17. The van der Waals surface area contributed by atoms with Crippen LogP contribution in [0.15, 0.2) is 24.4 Å². The van der Waals surface area contributed by atoms with E-state index in [0.29, 0.717) is 12.4 Å². The molecule has 1 N–H and O–H groups in total. The van der Waals surface area contributed by atoms with E-state index in [0.717, 1.165) is 17.0 Å². The van der Waals surface area contributed by atoms with E-state index in [-0.39, 0.29) is 13.0 Å². The summed E-state index contributed by atoms with van der Waals surface area (Å²) in [7, 11) is 0. The van der Waals surface area contributed by atoms with Crippen molar-refractivity contribution in [2.45, 2.75) is 19.3 Å². The Balaban J connectivity index is 1.88. The molecule has 4 nitrogen and oxygen atoms in total. The van der Waals surface area contributed by atoms with Crippen molar-refractivity contribution in [3.63, 3.8) is 0 Å². The third-order valence-corrected chi connectivity index (χ3v) is 3.24. The van der Waals surface area contributed by atoms with Gasteiger partial charge in [-0.05, 0) is 25.1 Å². The lowest BCUT2D eigenvalue weighted by Crippen LogP contribution is -2.25. The van der Waals surface area contributed by atoms with Gasteiger partial charge < -0.3 is 4.90 Å². The zero-order valence-electron chi connectivity index (χ0n) is 10.5. The van der Waals surface area contributed by atoms with Crippen LogP contribution in [0.3, 0.4) is 0 Å². The molecule has 0 saturated carbocycles. The number of anilines is 1. The summed E-state index contributed by atoms with van der Waals surface area (Å²) in [6.45, 7) is 1.99. The maximum Gasteiger partial charge on any atom is 0.266 e. The Kier molecular flexibility index (Phi) is 2.73. The molecule has 19 heavy (non-hydrogen) atoms. The minimum atomic E-state index is -2.61. The Morgan fingerprint density at radius 3 is 2.84 bits per heavy atom. The number of hydrogen-bond acceptors (Lipinski definition) is 3. The number of aryl methyl sites for hydroxylation is 1. The van der Waals surface area contributed by atoms with Crippen LogP contribution in [0.25, 0.3) is 11.3 Å². The van der Waals surface area contributed by atoms with Crippen molar-refractivity contribution < 1.29 is 8.78 Å². The molecule has 0 aromatic carbocycles. The molecule has 2 aromatic heterocycles. The first kappa shape index (κ1) is 12.1. The molecule has 0 radical (unpaired) electrons. The Morgan fingerprint density at radius 1 is 1.37 bits per heavy atom. The van der Waals surface area contributed by atoms with Gasteiger partial charge in [0, 0.05) is 30.4 Å². The van der Waals surface area contributed by atoms with Crippen LogP contribution in [0, 0.1) is 6.92 Å². The molecule has 3 rings (SSSR count). The number of hydrogen-bond donors (Lipinski definition) is 1. The van der Waals surface area contributed by atoms with Crippen molar-refractivity contribution in [2.75, 3.05) is 18.0 Å². The zero-order chi connectivity index (χ0) is 13.5. The standard InChI is InChI=1S/C13H14F2N4/c1-9-6-11(18-17-9)10-2-4-16-12(7-10)19-5-3-13(14,15)8-19/h2,4,6-7H,3,5,8H2,1H3,(H,17,18). The minimum absolute atomic E-state index is 0.111. The van der Waals surface area contributed by atoms with Gasteiger partial charge in [-0.2, -0.15) is 5.10 Å². The summed E-state index contributed by atoms with van der Waals surface area (Å²) in [4.78, 5) is 5.79. The van der Waals surface area contributed by atoms with Crippen molar-refractivity contribution in [1.29, 1.82) is 0 Å². The second-order valence-electron chi connectivity index (χ2n) is 4.87. The van der Waals surface area contributed by atoms with Gasteiger partial charge in [0.1, 0.15) is 5.82 Å². The van der Waals surface area contributed by atoms with Crippen LogP contribution in [0.2, 0.25) is 0 Å². The van der Waals surface area contributed by atoms with Gasteiger partial charge in [-0.1, -0.05) is 0 Å². The number of H-pyrrole nitrogens is 1. The summed E-state index contributed by atoms with van der Waals surface area (Å²) >= 11 is 0. The third kappa shape index (κ3) is 2.43. The summed E-state index contributed by atoms with van der Waals surface area (Å²) in [5, 5.41) is 7.03. The highest BCUT2D eigenvalue weighted by molar-refractivity contribution is 5.63. The van der Waals surface area contributed by atoms with E-state index in [1.54, 1.807) is 17.2 Å². The number of nitrogens with zero attached hydrogens (tertiary/aromatic N) is 3. The first-order valence-electron chi connectivity index (χ1n) is 6.15.